The minimum Gasteiger partial charge on any atom is -0.336 e. The van der Waals surface area contributed by atoms with E-state index in [1.165, 1.54) is 22.5 Å². The smallest absolute Gasteiger partial charge is 0.282 e. The maximum atomic E-state index is 13.0. The van der Waals surface area contributed by atoms with Gasteiger partial charge in [-0.15, -0.1) is 11.3 Å². The SMILES string of the molecule is CC(=O)N1C[C@H]2CN(C(=O)c3nc(C(C)C)cs3)C[C@H]2[C@@H]1c1ccccc1C. The Morgan fingerprint density at radius 2 is 1.93 bits per heavy atom. The van der Waals surface area contributed by atoms with Crippen LogP contribution < -0.4 is 0 Å². The first-order valence-corrected chi connectivity index (χ1v) is 10.8. The number of aryl methyl sites for hydroxylation is 1. The Bertz CT molecular complexity index is 907. The van der Waals surface area contributed by atoms with Crippen molar-refractivity contribution in [3.63, 3.8) is 0 Å². The van der Waals surface area contributed by atoms with Gasteiger partial charge in [0.05, 0.1) is 11.7 Å². The van der Waals surface area contributed by atoms with Gasteiger partial charge >= 0.3 is 0 Å². The lowest BCUT2D eigenvalue weighted by atomic mass is 9.87. The number of benzene rings is 1. The van der Waals surface area contributed by atoms with E-state index in [4.69, 9.17) is 0 Å². The van der Waals surface area contributed by atoms with Gasteiger partial charge in [-0.05, 0) is 24.0 Å². The minimum atomic E-state index is 0.0317. The van der Waals surface area contributed by atoms with Crippen molar-refractivity contribution in [2.75, 3.05) is 19.6 Å². The van der Waals surface area contributed by atoms with Crippen molar-refractivity contribution in [3.8, 4) is 0 Å². The van der Waals surface area contributed by atoms with E-state index in [9.17, 15) is 9.59 Å². The number of amides is 2. The Labute approximate surface area is 170 Å². The van der Waals surface area contributed by atoms with E-state index in [0.717, 1.165) is 12.2 Å². The molecular formula is C22H27N3O2S. The van der Waals surface area contributed by atoms with Crippen LogP contribution in [0, 0.1) is 18.8 Å². The summed E-state index contributed by atoms with van der Waals surface area (Å²) in [6.45, 7) is 10.0. The zero-order chi connectivity index (χ0) is 20.0. The summed E-state index contributed by atoms with van der Waals surface area (Å²) in [6, 6.07) is 8.33. The van der Waals surface area contributed by atoms with Crippen molar-refractivity contribution in [1.82, 2.24) is 14.8 Å². The number of fused-ring (bicyclic) bond motifs is 1. The minimum absolute atomic E-state index is 0.0317. The second kappa shape index (κ2) is 7.32. The number of hydrogen-bond acceptors (Lipinski definition) is 4. The molecule has 5 nitrogen and oxygen atoms in total. The molecule has 2 aliphatic heterocycles. The molecule has 0 unspecified atom stereocenters. The molecule has 2 saturated heterocycles. The largest absolute Gasteiger partial charge is 0.336 e. The van der Waals surface area contributed by atoms with Gasteiger partial charge in [-0.3, -0.25) is 9.59 Å². The van der Waals surface area contributed by atoms with E-state index in [0.29, 0.717) is 29.9 Å². The van der Waals surface area contributed by atoms with Gasteiger partial charge in [0, 0.05) is 43.8 Å². The Hall–Kier alpha value is -2.21. The molecule has 2 fully saturated rings. The molecule has 0 spiro atoms. The first-order chi connectivity index (χ1) is 13.4. The van der Waals surface area contributed by atoms with Gasteiger partial charge < -0.3 is 9.80 Å². The van der Waals surface area contributed by atoms with Gasteiger partial charge in [-0.1, -0.05) is 38.1 Å². The molecule has 3 atom stereocenters. The number of hydrogen-bond donors (Lipinski definition) is 0. The fraction of sp³-hybridized carbons (Fsp3) is 0.500. The Morgan fingerprint density at radius 1 is 1.18 bits per heavy atom. The highest BCUT2D eigenvalue weighted by molar-refractivity contribution is 7.11. The lowest BCUT2D eigenvalue weighted by molar-refractivity contribution is -0.130. The second-order valence-corrected chi connectivity index (χ2v) is 9.20. The molecule has 0 aliphatic carbocycles. The monoisotopic (exact) mass is 397 g/mol. The molecule has 1 aromatic carbocycles. The van der Waals surface area contributed by atoms with Crippen LogP contribution in [0.15, 0.2) is 29.6 Å². The Kier molecular flexibility index (Phi) is 5.00. The number of nitrogens with zero attached hydrogens (tertiary/aromatic N) is 3. The predicted octanol–water partition coefficient (Wildman–Crippen LogP) is 3.87. The number of likely N-dealkylation sites (tertiary alicyclic amines) is 2. The fourth-order valence-electron chi connectivity index (χ4n) is 4.64. The van der Waals surface area contributed by atoms with Crippen LogP contribution in [0.25, 0.3) is 0 Å². The van der Waals surface area contributed by atoms with Crippen LogP contribution in [0.2, 0.25) is 0 Å². The van der Waals surface area contributed by atoms with Gasteiger partial charge in [0.1, 0.15) is 0 Å². The molecule has 2 amide bonds. The van der Waals surface area contributed by atoms with E-state index < -0.39 is 0 Å². The third-order valence-corrected chi connectivity index (χ3v) is 7.01. The highest BCUT2D eigenvalue weighted by Crippen LogP contribution is 2.46. The third-order valence-electron chi connectivity index (χ3n) is 6.16. The van der Waals surface area contributed by atoms with Gasteiger partial charge in [-0.2, -0.15) is 0 Å². The summed E-state index contributed by atoms with van der Waals surface area (Å²) in [6.07, 6.45) is 0. The van der Waals surface area contributed by atoms with E-state index in [1.54, 1.807) is 6.92 Å². The first kappa shape index (κ1) is 19.1. The molecule has 2 aliphatic rings. The molecular weight excluding hydrogens is 370 g/mol. The van der Waals surface area contributed by atoms with E-state index in [1.807, 2.05) is 27.3 Å². The standard InChI is InChI=1S/C22H27N3O2S/c1-13(2)19-12-28-21(23-19)22(27)24-9-16-10-25(15(4)26)20(18(16)11-24)17-8-6-5-7-14(17)3/h5-8,12-13,16,18,20H,9-11H2,1-4H3/t16-,18-,20+/m1/s1. The molecule has 2 aromatic rings. The van der Waals surface area contributed by atoms with Crippen LogP contribution in [-0.4, -0.2) is 46.2 Å². The Morgan fingerprint density at radius 3 is 2.57 bits per heavy atom. The van der Waals surface area contributed by atoms with Crippen molar-refractivity contribution in [3.05, 3.63) is 51.5 Å². The van der Waals surface area contributed by atoms with Crippen molar-refractivity contribution < 1.29 is 9.59 Å². The molecule has 1 aromatic heterocycles. The number of carbonyl (C=O) groups excluding carboxylic acids is 2. The average molecular weight is 398 g/mol. The normalized spacial score (nSPS) is 24.1. The van der Waals surface area contributed by atoms with Crippen LogP contribution in [0.4, 0.5) is 0 Å². The number of carbonyl (C=O) groups is 2. The highest BCUT2D eigenvalue weighted by Gasteiger charge is 2.50. The molecule has 148 valence electrons. The molecule has 0 saturated carbocycles. The lowest BCUT2D eigenvalue weighted by Crippen LogP contribution is -2.36. The van der Waals surface area contributed by atoms with E-state index in [2.05, 4.69) is 37.9 Å². The molecule has 6 heteroatoms. The summed E-state index contributed by atoms with van der Waals surface area (Å²) < 4.78 is 0. The second-order valence-electron chi connectivity index (χ2n) is 8.34. The summed E-state index contributed by atoms with van der Waals surface area (Å²) in [5.74, 6) is 1.07. The first-order valence-electron chi connectivity index (χ1n) is 9.94. The average Bonchev–Trinajstić information content (AvgIpc) is 3.36. The molecule has 4 rings (SSSR count). The molecule has 0 radical (unpaired) electrons. The molecule has 3 heterocycles. The summed E-state index contributed by atoms with van der Waals surface area (Å²) >= 11 is 1.44. The lowest BCUT2D eigenvalue weighted by Gasteiger charge is -2.30. The van der Waals surface area contributed by atoms with Crippen LogP contribution in [0.1, 0.15) is 59.4 Å². The van der Waals surface area contributed by atoms with Crippen molar-refractivity contribution in [1.29, 1.82) is 0 Å². The zero-order valence-corrected chi connectivity index (χ0v) is 17.7. The topological polar surface area (TPSA) is 53.5 Å². The molecule has 0 bridgehead atoms. The maximum Gasteiger partial charge on any atom is 0.282 e. The van der Waals surface area contributed by atoms with Gasteiger partial charge in [-0.25, -0.2) is 4.98 Å². The summed E-state index contributed by atoms with van der Waals surface area (Å²) in [5.41, 5.74) is 3.38. The Balaban J connectivity index is 1.58. The highest BCUT2D eigenvalue weighted by atomic mass is 32.1. The van der Waals surface area contributed by atoms with Gasteiger partial charge in [0.15, 0.2) is 5.01 Å². The van der Waals surface area contributed by atoms with E-state index >= 15 is 0 Å². The number of aromatic nitrogens is 1. The van der Waals surface area contributed by atoms with Gasteiger partial charge in [0.25, 0.3) is 5.91 Å². The summed E-state index contributed by atoms with van der Waals surface area (Å²) in [7, 11) is 0. The molecule has 28 heavy (non-hydrogen) atoms. The van der Waals surface area contributed by atoms with Crippen LogP contribution in [0.5, 0.6) is 0 Å². The van der Waals surface area contributed by atoms with Crippen LogP contribution in [-0.2, 0) is 4.79 Å². The van der Waals surface area contributed by atoms with Crippen LogP contribution in [0.3, 0.4) is 0 Å². The van der Waals surface area contributed by atoms with Crippen molar-refractivity contribution >= 4 is 23.2 Å². The van der Waals surface area contributed by atoms with E-state index in [-0.39, 0.29) is 23.8 Å². The maximum absolute atomic E-state index is 13.0. The quantitative estimate of drug-likeness (QED) is 0.790. The third kappa shape index (κ3) is 3.24. The zero-order valence-electron chi connectivity index (χ0n) is 16.9. The van der Waals surface area contributed by atoms with Crippen LogP contribution >= 0.6 is 11.3 Å². The predicted molar refractivity (Wildman–Crippen MR) is 110 cm³/mol. The fourth-order valence-corrected chi connectivity index (χ4v) is 5.58. The summed E-state index contributed by atoms with van der Waals surface area (Å²) in [5, 5.41) is 2.57. The van der Waals surface area contributed by atoms with Gasteiger partial charge in [0.2, 0.25) is 5.91 Å². The summed E-state index contributed by atoms with van der Waals surface area (Å²) in [4.78, 5) is 33.8. The number of rotatable bonds is 3. The van der Waals surface area contributed by atoms with Crippen molar-refractivity contribution in [2.45, 2.75) is 39.7 Å². The van der Waals surface area contributed by atoms with Crippen molar-refractivity contribution in [2.24, 2.45) is 11.8 Å². The number of thiazole rings is 1. The molecule has 0 N–H and O–H groups in total.